The number of benzene rings is 1. The van der Waals surface area contributed by atoms with E-state index in [9.17, 15) is 0 Å². The fraction of sp³-hybridized carbons (Fsp3) is 0.357. The lowest BCUT2D eigenvalue weighted by atomic mass is 10.3. The van der Waals surface area contributed by atoms with Gasteiger partial charge in [0.25, 0.3) is 0 Å². The van der Waals surface area contributed by atoms with Gasteiger partial charge in [0.05, 0.1) is 30.7 Å². The second-order valence-corrected chi connectivity index (χ2v) is 5.00. The normalized spacial score (nSPS) is 10.8. The van der Waals surface area contributed by atoms with Crippen molar-refractivity contribution in [3.8, 4) is 5.75 Å². The number of hydrogen-bond donors (Lipinski definition) is 1. The number of imidazole rings is 1. The van der Waals surface area contributed by atoms with Crippen molar-refractivity contribution in [1.29, 1.82) is 0 Å². The topological polar surface area (TPSA) is 39.1 Å². The van der Waals surface area contributed by atoms with E-state index in [2.05, 4.69) is 28.7 Å². The predicted molar refractivity (Wildman–Crippen MR) is 77.9 cm³/mol. The van der Waals surface area contributed by atoms with Gasteiger partial charge in [-0.1, -0.05) is 11.6 Å². The number of anilines is 1. The van der Waals surface area contributed by atoms with Crippen molar-refractivity contribution < 1.29 is 4.74 Å². The van der Waals surface area contributed by atoms with E-state index in [0.29, 0.717) is 23.4 Å². The lowest BCUT2D eigenvalue weighted by Crippen LogP contribution is -2.08. The molecule has 1 heterocycles. The molecule has 0 atom stereocenters. The molecule has 0 saturated carbocycles. The van der Waals surface area contributed by atoms with Gasteiger partial charge in [-0.15, -0.1) is 0 Å². The standard InChI is InChI=1S/C14H18ClN3O/c1-10(2)18-9-16-7-12(18)8-17-11-4-5-13(15)14(6-11)19-3/h4-7,9-10,17H,8H2,1-3H3. The Morgan fingerprint density at radius 3 is 2.89 bits per heavy atom. The van der Waals surface area contributed by atoms with Crippen LogP contribution in [0.15, 0.2) is 30.7 Å². The smallest absolute Gasteiger partial charge is 0.139 e. The first kappa shape index (κ1) is 13.7. The summed E-state index contributed by atoms with van der Waals surface area (Å²) in [5.74, 6) is 0.670. The number of halogens is 1. The summed E-state index contributed by atoms with van der Waals surface area (Å²) >= 11 is 6.00. The molecule has 0 unspecified atom stereocenters. The van der Waals surface area contributed by atoms with Gasteiger partial charge in [-0.25, -0.2) is 4.98 Å². The lowest BCUT2D eigenvalue weighted by molar-refractivity contribution is 0.415. The van der Waals surface area contributed by atoms with Crippen molar-refractivity contribution >= 4 is 17.3 Å². The second kappa shape index (κ2) is 5.97. The Morgan fingerprint density at radius 1 is 1.42 bits per heavy atom. The van der Waals surface area contributed by atoms with Gasteiger partial charge in [-0.05, 0) is 26.0 Å². The van der Waals surface area contributed by atoms with E-state index in [-0.39, 0.29) is 0 Å². The first-order chi connectivity index (χ1) is 9.11. The fourth-order valence-electron chi connectivity index (χ4n) is 1.90. The second-order valence-electron chi connectivity index (χ2n) is 4.59. The molecule has 0 aliphatic heterocycles. The number of nitrogens with one attached hydrogen (secondary N) is 1. The maximum atomic E-state index is 6.00. The summed E-state index contributed by atoms with van der Waals surface area (Å²) in [6, 6.07) is 6.04. The molecule has 4 nitrogen and oxygen atoms in total. The van der Waals surface area contributed by atoms with Crippen LogP contribution in [0.5, 0.6) is 5.75 Å². The van der Waals surface area contributed by atoms with Crippen molar-refractivity contribution in [3.05, 3.63) is 41.4 Å². The summed E-state index contributed by atoms with van der Waals surface area (Å²) in [7, 11) is 1.61. The van der Waals surface area contributed by atoms with Crippen LogP contribution in [0.1, 0.15) is 25.6 Å². The van der Waals surface area contributed by atoms with Crippen LogP contribution in [-0.4, -0.2) is 16.7 Å². The number of ether oxygens (including phenoxy) is 1. The lowest BCUT2D eigenvalue weighted by Gasteiger charge is -2.13. The molecule has 1 aromatic heterocycles. The van der Waals surface area contributed by atoms with E-state index in [0.717, 1.165) is 11.4 Å². The Morgan fingerprint density at radius 2 is 2.21 bits per heavy atom. The van der Waals surface area contributed by atoms with E-state index in [1.165, 1.54) is 0 Å². The summed E-state index contributed by atoms with van der Waals surface area (Å²) in [6.07, 6.45) is 3.73. The SMILES string of the molecule is COc1cc(NCc2cncn2C(C)C)ccc1Cl. The molecule has 2 rings (SSSR count). The summed E-state index contributed by atoms with van der Waals surface area (Å²) in [4.78, 5) is 4.18. The average molecular weight is 280 g/mol. The summed E-state index contributed by atoms with van der Waals surface area (Å²) < 4.78 is 7.33. The Kier molecular flexibility index (Phi) is 4.32. The minimum absolute atomic E-state index is 0.402. The van der Waals surface area contributed by atoms with Crippen molar-refractivity contribution in [2.24, 2.45) is 0 Å². The Bertz CT molecular complexity index is 551. The van der Waals surface area contributed by atoms with Crippen molar-refractivity contribution in [2.75, 3.05) is 12.4 Å². The maximum Gasteiger partial charge on any atom is 0.139 e. The van der Waals surface area contributed by atoms with E-state index in [1.54, 1.807) is 7.11 Å². The van der Waals surface area contributed by atoms with Crippen LogP contribution in [0.2, 0.25) is 5.02 Å². The number of methoxy groups -OCH3 is 1. The molecular formula is C14H18ClN3O. The van der Waals surface area contributed by atoms with E-state index >= 15 is 0 Å². The molecule has 2 aromatic rings. The van der Waals surface area contributed by atoms with Crippen molar-refractivity contribution in [3.63, 3.8) is 0 Å². The third-order valence-electron chi connectivity index (χ3n) is 2.93. The molecule has 0 fully saturated rings. The molecule has 0 radical (unpaired) electrons. The Hall–Kier alpha value is -1.68. The number of aromatic nitrogens is 2. The van der Waals surface area contributed by atoms with Gasteiger partial charge in [0.15, 0.2) is 0 Å². The summed E-state index contributed by atoms with van der Waals surface area (Å²) in [6.45, 7) is 4.98. The minimum atomic E-state index is 0.402. The first-order valence-electron chi connectivity index (χ1n) is 6.20. The largest absolute Gasteiger partial charge is 0.495 e. The predicted octanol–water partition coefficient (Wildman–Crippen LogP) is 3.74. The highest BCUT2D eigenvalue weighted by atomic mass is 35.5. The van der Waals surface area contributed by atoms with E-state index in [1.807, 2.05) is 30.7 Å². The third-order valence-corrected chi connectivity index (χ3v) is 3.24. The molecule has 0 aliphatic rings. The monoisotopic (exact) mass is 279 g/mol. The maximum absolute atomic E-state index is 6.00. The molecule has 5 heteroatoms. The highest BCUT2D eigenvalue weighted by Crippen LogP contribution is 2.27. The Labute approximate surface area is 118 Å². The molecule has 0 amide bonds. The average Bonchev–Trinajstić information content (AvgIpc) is 2.86. The van der Waals surface area contributed by atoms with Gasteiger partial charge in [-0.2, -0.15) is 0 Å². The highest BCUT2D eigenvalue weighted by molar-refractivity contribution is 6.32. The van der Waals surface area contributed by atoms with Crippen LogP contribution in [0, 0.1) is 0 Å². The highest BCUT2D eigenvalue weighted by Gasteiger charge is 2.06. The minimum Gasteiger partial charge on any atom is -0.495 e. The van der Waals surface area contributed by atoms with Crippen molar-refractivity contribution in [1.82, 2.24) is 9.55 Å². The number of hydrogen-bond acceptors (Lipinski definition) is 3. The van der Waals surface area contributed by atoms with Gasteiger partial charge in [-0.3, -0.25) is 0 Å². The summed E-state index contributed by atoms with van der Waals surface area (Å²) in [5.41, 5.74) is 2.11. The quantitative estimate of drug-likeness (QED) is 0.906. The van der Waals surface area contributed by atoms with E-state index < -0.39 is 0 Å². The first-order valence-corrected chi connectivity index (χ1v) is 6.57. The zero-order valence-electron chi connectivity index (χ0n) is 11.4. The molecule has 0 spiro atoms. The van der Waals surface area contributed by atoms with Crippen LogP contribution in [0.4, 0.5) is 5.69 Å². The molecule has 0 saturated heterocycles. The molecule has 19 heavy (non-hydrogen) atoms. The van der Waals surface area contributed by atoms with Crippen LogP contribution < -0.4 is 10.1 Å². The molecular weight excluding hydrogens is 262 g/mol. The molecule has 0 bridgehead atoms. The van der Waals surface area contributed by atoms with E-state index in [4.69, 9.17) is 16.3 Å². The number of rotatable bonds is 5. The Balaban J connectivity index is 2.08. The van der Waals surface area contributed by atoms with Crippen molar-refractivity contribution in [2.45, 2.75) is 26.4 Å². The van der Waals surface area contributed by atoms with Gasteiger partial charge in [0.1, 0.15) is 5.75 Å². The summed E-state index contributed by atoms with van der Waals surface area (Å²) in [5, 5.41) is 3.96. The zero-order valence-corrected chi connectivity index (χ0v) is 12.1. The van der Waals surface area contributed by atoms with Crippen LogP contribution >= 0.6 is 11.6 Å². The molecule has 102 valence electrons. The molecule has 1 aromatic carbocycles. The van der Waals surface area contributed by atoms with Crippen LogP contribution in [-0.2, 0) is 6.54 Å². The number of nitrogens with zero attached hydrogens (tertiary/aromatic N) is 2. The van der Waals surface area contributed by atoms with Gasteiger partial charge in [0, 0.05) is 24.0 Å². The van der Waals surface area contributed by atoms with Crippen LogP contribution in [0.3, 0.4) is 0 Å². The van der Waals surface area contributed by atoms with Gasteiger partial charge < -0.3 is 14.6 Å². The third kappa shape index (κ3) is 3.20. The zero-order chi connectivity index (χ0) is 13.8. The van der Waals surface area contributed by atoms with Gasteiger partial charge >= 0.3 is 0 Å². The molecule has 1 N–H and O–H groups in total. The van der Waals surface area contributed by atoms with Crippen LogP contribution in [0.25, 0.3) is 0 Å². The molecule has 0 aliphatic carbocycles. The van der Waals surface area contributed by atoms with Gasteiger partial charge in [0.2, 0.25) is 0 Å². The fourth-order valence-corrected chi connectivity index (χ4v) is 2.09.